The zero-order valence-electron chi connectivity index (χ0n) is 18.8. The Bertz CT molecular complexity index is 1290. The predicted molar refractivity (Wildman–Crippen MR) is 132 cm³/mol. The molecule has 0 aliphatic heterocycles. The number of benzene rings is 1. The van der Waals surface area contributed by atoms with E-state index in [1.807, 2.05) is 0 Å². The number of carbonyl (C=O) groups is 2. The molecule has 0 bridgehead atoms. The summed E-state index contributed by atoms with van der Waals surface area (Å²) in [6.45, 7) is 0.373. The van der Waals surface area contributed by atoms with Crippen LogP contribution in [0.5, 0.6) is 0 Å². The predicted octanol–water partition coefficient (Wildman–Crippen LogP) is 0.703. The van der Waals surface area contributed by atoms with E-state index in [0.717, 1.165) is 11.3 Å². The number of aryl methyl sites for hydroxylation is 1. The van der Waals surface area contributed by atoms with Gasteiger partial charge in [-0.3, -0.25) is 19.5 Å². The van der Waals surface area contributed by atoms with Gasteiger partial charge in [-0.2, -0.15) is 5.10 Å². The topological polar surface area (TPSA) is 194 Å². The van der Waals surface area contributed by atoms with E-state index in [1.54, 1.807) is 47.7 Å². The summed E-state index contributed by atoms with van der Waals surface area (Å²) in [5.74, 6) is -1.91. The van der Waals surface area contributed by atoms with Gasteiger partial charge in [-0.25, -0.2) is 13.2 Å². The Morgan fingerprint density at radius 2 is 1.97 bits per heavy atom. The van der Waals surface area contributed by atoms with Crippen LogP contribution in [0.25, 0.3) is 11.1 Å². The number of carboxylic acids is 1. The van der Waals surface area contributed by atoms with E-state index in [9.17, 15) is 23.1 Å². The Kier molecular flexibility index (Phi) is 8.58. The maximum Gasteiger partial charge on any atom is 0.326 e. The molecule has 2 aromatic heterocycles. The summed E-state index contributed by atoms with van der Waals surface area (Å²) in [5, 5.41) is 20.3. The van der Waals surface area contributed by atoms with Gasteiger partial charge in [0.05, 0.1) is 16.8 Å². The van der Waals surface area contributed by atoms with Crippen LogP contribution < -0.4 is 26.8 Å². The minimum Gasteiger partial charge on any atom is -0.480 e. The van der Waals surface area contributed by atoms with Gasteiger partial charge in [0.25, 0.3) is 15.9 Å². The molecular formula is C21H27N7O5S2. The highest BCUT2D eigenvalue weighted by Gasteiger charge is 2.26. The molecule has 3 aromatic rings. The highest BCUT2D eigenvalue weighted by atomic mass is 32.2. The second-order valence-electron chi connectivity index (χ2n) is 7.65. The number of carboxylic acid groups (broad SMARTS) is 1. The molecule has 0 saturated carbocycles. The van der Waals surface area contributed by atoms with Crippen molar-refractivity contribution < 1.29 is 23.1 Å². The molecule has 1 aromatic carbocycles. The molecule has 0 spiro atoms. The number of aromatic nitrogens is 2. The lowest BCUT2D eigenvalue weighted by Gasteiger charge is -2.16. The highest BCUT2D eigenvalue weighted by molar-refractivity contribution is 7.92. The van der Waals surface area contributed by atoms with Crippen LogP contribution in [0.4, 0.5) is 5.69 Å². The van der Waals surface area contributed by atoms with Crippen molar-refractivity contribution in [2.24, 2.45) is 18.5 Å². The second kappa shape index (κ2) is 11.4. The third-order valence-electron chi connectivity index (χ3n) is 4.96. The number of nitrogens with one attached hydrogen (secondary N) is 3. The lowest BCUT2D eigenvalue weighted by Crippen LogP contribution is -2.46. The van der Waals surface area contributed by atoms with Crippen molar-refractivity contribution in [2.45, 2.75) is 30.1 Å². The maximum atomic E-state index is 13.2. The summed E-state index contributed by atoms with van der Waals surface area (Å²) in [6, 6.07) is 6.71. The molecule has 14 heteroatoms. The summed E-state index contributed by atoms with van der Waals surface area (Å²) < 4.78 is 30.5. The largest absolute Gasteiger partial charge is 0.480 e. The first kappa shape index (κ1) is 26.3. The molecule has 8 N–H and O–H groups in total. The minimum atomic E-state index is -4.09. The molecule has 0 unspecified atom stereocenters. The Labute approximate surface area is 206 Å². The van der Waals surface area contributed by atoms with Crippen LogP contribution in [0.3, 0.4) is 0 Å². The van der Waals surface area contributed by atoms with Gasteiger partial charge >= 0.3 is 5.97 Å². The fourth-order valence-corrected chi connectivity index (χ4v) is 5.44. The van der Waals surface area contributed by atoms with Crippen molar-refractivity contribution in [3.63, 3.8) is 0 Å². The lowest BCUT2D eigenvalue weighted by atomic mass is 10.1. The Hall–Kier alpha value is -3.30. The molecule has 12 nitrogen and oxygen atoms in total. The second-order valence-corrected chi connectivity index (χ2v) is 10.2. The van der Waals surface area contributed by atoms with E-state index in [-0.39, 0.29) is 21.9 Å². The van der Waals surface area contributed by atoms with Crippen molar-refractivity contribution >= 4 is 38.9 Å². The molecule has 0 radical (unpaired) electrons. The van der Waals surface area contributed by atoms with Gasteiger partial charge in [0.15, 0.2) is 0 Å². The molecule has 2 heterocycles. The smallest absolute Gasteiger partial charge is 0.326 e. The molecule has 0 saturated heterocycles. The van der Waals surface area contributed by atoms with E-state index in [4.69, 9.17) is 11.5 Å². The summed E-state index contributed by atoms with van der Waals surface area (Å²) in [6.07, 6.45) is 3.06. The van der Waals surface area contributed by atoms with E-state index in [0.29, 0.717) is 24.1 Å². The summed E-state index contributed by atoms with van der Waals surface area (Å²) in [5.41, 5.74) is 11.9. The summed E-state index contributed by atoms with van der Waals surface area (Å²) in [4.78, 5) is 24.5. The molecule has 35 heavy (non-hydrogen) atoms. The first-order chi connectivity index (χ1) is 16.6. The van der Waals surface area contributed by atoms with Gasteiger partial charge in [0, 0.05) is 24.4 Å². The number of nitrogens with zero attached hydrogens (tertiary/aromatic N) is 2. The average molecular weight is 522 g/mol. The van der Waals surface area contributed by atoms with Crippen molar-refractivity contribution in [3.05, 3.63) is 53.0 Å². The number of rotatable bonds is 12. The third-order valence-corrected chi connectivity index (χ3v) is 7.30. The van der Waals surface area contributed by atoms with Crippen molar-refractivity contribution in [3.8, 4) is 11.1 Å². The molecular weight excluding hydrogens is 494 g/mol. The molecule has 1 amide bonds. The quantitative estimate of drug-likeness (QED) is 0.147. The number of nitrogens with two attached hydrogens (primary N) is 2. The summed E-state index contributed by atoms with van der Waals surface area (Å²) in [7, 11) is -2.36. The van der Waals surface area contributed by atoms with E-state index in [1.165, 1.54) is 12.1 Å². The standard InChI is InChI=1S/C21H27N7O5S2/c1-28-12-13(11-25-28)14-5-2-3-7-17(14)35(32,33)27-15-8-10-34-18(15)19(29)26-16(20(30)31)6-4-9-24-21(22)23/h2-3,5,7-8,10-12,16,21,24,27H,4,6,9,22-23H2,1H3,(H,26,29)(H,30,31)/t16-/m0/s1. The van der Waals surface area contributed by atoms with Crippen LogP contribution in [-0.4, -0.2) is 54.1 Å². The normalized spacial score (nSPS) is 12.5. The van der Waals surface area contributed by atoms with Gasteiger partial charge in [0.2, 0.25) is 0 Å². The molecule has 1 atom stereocenters. The Balaban J connectivity index is 1.77. The fourth-order valence-electron chi connectivity index (χ4n) is 3.32. The van der Waals surface area contributed by atoms with Gasteiger partial charge in [-0.1, -0.05) is 18.2 Å². The van der Waals surface area contributed by atoms with Gasteiger partial charge in [-0.05, 0) is 36.9 Å². The number of sulfonamides is 1. The van der Waals surface area contributed by atoms with Gasteiger partial charge < -0.3 is 21.9 Å². The van der Waals surface area contributed by atoms with E-state index >= 15 is 0 Å². The number of thiophene rings is 1. The average Bonchev–Trinajstić information content (AvgIpc) is 3.44. The monoisotopic (exact) mass is 521 g/mol. The van der Waals surface area contributed by atoms with Crippen molar-refractivity contribution in [2.75, 3.05) is 11.3 Å². The zero-order chi connectivity index (χ0) is 25.6. The van der Waals surface area contributed by atoms with E-state index in [2.05, 4.69) is 20.5 Å². The van der Waals surface area contributed by atoms with Crippen LogP contribution in [-0.2, 0) is 21.9 Å². The number of amides is 1. The molecule has 0 aliphatic carbocycles. The fraction of sp³-hybridized carbons (Fsp3) is 0.286. The van der Waals surface area contributed by atoms with Crippen LogP contribution in [0.2, 0.25) is 0 Å². The number of hydrogen-bond acceptors (Lipinski definition) is 9. The van der Waals surface area contributed by atoms with Crippen LogP contribution in [0, 0.1) is 0 Å². The van der Waals surface area contributed by atoms with Crippen LogP contribution in [0.1, 0.15) is 22.5 Å². The molecule has 0 aliphatic rings. The first-order valence-electron chi connectivity index (χ1n) is 10.5. The summed E-state index contributed by atoms with van der Waals surface area (Å²) >= 11 is 0.993. The maximum absolute atomic E-state index is 13.2. The van der Waals surface area contributed by atoms with Crippen LogP contribution >= 0.6 is 11.3 Å². The third kappa shape index (κ3) is 6.86. The molecule has 3 rings (SSSR count). The van der Waals surface area contributed by atoms with Gasteiger partial charge in [0.1, 0.15) is 17.2 Å². The number of anilines is 1. The number of carbonyl (C=O) groups excluding carboxylic acids is 1. The minimum absolute atomic E-state index is 0.0135. The van der Waals surface area contributed by atoms with Crippen molar-refractivity contribution in [1.82, 2.24) is 20.4 Å². The number of aliphatic carboxylic acids is 1. The highest BCUT2D eigenvalue weighted by Crippen LogP contribution is 2.30. The van der Waals surface area contributed by atoms with E-state index < -0.39 is 34.2 Å². The molecule has 188 valence electrons. The SMILES string of the molecule is Cn1cc(-c2ccccc2S(=O)(=O)Nc2ccsc2C(=O)N[C@@H](CCCNC(N)N)C(=O)O)cn1. The Morgan fingerprint density at radius 3 is 2.63 bits per heavy atom. The van der Waals surface area contributed by atoms with Crippen molar-refractivity contribution in [1.29, 1.82) is 0 Å². The van der Waals surface area contributed by atoms with Gasteiger partial charge in [-0.15, -0.1) is 11.3 Å². The first-order valence-corrected chi connectivity index (χ1v) is 12.9. The number of hydrogen-bond donors (Lipinski definition) is 6. The Morgan fingerprint density at radius 1 is 1.23 bits per heavy atom. The zero-order valence-corrected chi connectivity index (χ0v) is 20.5. The molecule has 0 fully saturated rings. The lowest BCUT2D eigenvalue weighted by molar-refractivity contribution is -0.139. The van der Waals surface area contributed by atoms with Crippen LogP contribution in [0.15, 0.2) is 53.0 Å².